The second kappa shape index (κ2) is 9.22. The third-order valence-corrected chi connectivity index (χ3v) is 4.36. The summed E-state index contributed by atoms with van der Waals surface area (Å²) in [5, 5.41) is 19.5. The van der Waals surface area contributed by atoms with Gasteiger partial charge >= 0.3 is 13.1 Å². The van der Waals surface area contributed by atoms with Crippen LogP contribution in [0.5, 0.6) is 5.75 Å². The molecule has 1 saturated heterocycles. The number of aryl methyl sites for hydroxylation is 1. The Balaban J connectivity index is 0.000000316. The van der Waals surface area contributed by atoms with Crippen LogP contribution in [0.25, 0.3) is 0 Å². The third kappa shape index (κ3) is 5.20. The van der Waals surface area contributed by atoms with E-state index in [-0.39, 0.29) is 18.1 Å². The van der Waals surface area contributed by atoms with Crippen molar-refractivity contribution in [1.29, 1.82) is 0 Å². The monoisotopic (exact) mass is 350 g/mol. The minimum absolute atomic E-state index is 0.0652. The van der Waals surface area contributed by atoms with Gasteiger partial charge in [0, 0.05) is 6.61 Å². The highest BCUT2D eigenvalue weighted by Crippen LogP contribution is 2.32. The fourth-order valence-corrected chi connectivity index (χ4v) is 3.17. The number of esters is 1. The van der Waals surface area contributed by atoms with E-state index in [0.29, 0.717) is 24.6 Å². The van der Waals surface area contributed by atoms with Crippen LogP contribution in [0.1, 0.15) is 57.3 Å². The number of carbonyl (C=O) groups excluding carboxylic acids is 1. The first-order valence-electron chi connectivity index (χ1n) is 8.92. The van der Waals surface area contributed by atoms with Crippen LogP contribution in [-0.2, 0) is 25.3 Å². The fourth-order valence-electron chi connectivity index (χ4n) is 3.17. The standard InChI is InChI=1S/C13H17BO5.C5H10O/c1-3-8-5-9(15)6-10-13(8)11(19-14(10)17)7-12(16)18-4-2;1-5-3-2-4-6-5/h5-6,11,15,17H,3-4,7H2,1-2H3;5H,2-4H2,1H3. The molecule has 1 aromatic rings. The summed E-state index contributed by atoms with van der Waals surface area (Å²) in [7, 11) is -1.10. The molecule has 138 valence electrons. The normalized spacial score (nSPS) is 21.5. The smallest absolute Gasteiger partial charge is 0.492 e. The molecule has 1 aromatic carbocycles. The van der Waals surface area contributed by atoms with Crippen molar-refractivity contribution < 1.29 is 29.1 Å². The zero-order valence-corrected chi connectivity index (χ0v) is 15.2. The van der Waals surface area contributed by atoms with Crippen molar-refractivity contribution in [3.8, 4) is 5.75 Å². The van der Waals surface area contributed by atoms with Gasteiger partial charge in [0.2, 0.25) is 0 Å². The van der Waals surface area contributed by atoms with Crippen LogP contribution in [0.4, 0.5) is 0 Å². The fraction of sp³-hybridized carbons (Fsp3) is 0.611. The van der Waals surface area contributed by atoms with E-state index in [0.717, 1.165) is 17.7 Å². The Bertz CT molecular complexity index is 585. The molecule has 0 bridgehead atoms. The van der Waals surface area contributed by atoms with Gasteiger partial charge in [-0.2, -0.15) is 0 Å². The molecule has 2 heterocycles. The highest BCUT2D eigenvalue weighted by atomic mass is 16.5. The van der Waals surface area contributed by atoms with Gasteiger partial charge in [-0.3, -0.25) is 4.79 Å². The van der Waals surface area contributed by atoms with Crippen molar-refractivity contribution in [3.63, 3.8) is 0 Å². The van der Waals surface area contributed by atoms with E-state index in [1.165, 1.54) is 18.9 Å². The minimum Gasteiger partial charge on any atom is -0.508 e. The summed E-state index contributed by atoms with van der Waals surface area (Å²) in [6.45, 7) is 7.11. The van der Waals surface area contributed by atoms with Crippen molar-refractivity contribution in [2.45, 2.75) is 58.7 Å². The van der Waals surface area contributed by atoms with Gasteiger partial charge in [0.1, 0.15) is 5.75 Å². The molecule has 2 atom stereocenters. The van der Waals surface area contributed by atoms with Crippen molar-refractivity contribution in [1.82, 2.24) is 0 Å². The number of hydrogen-bond acceptors (Lipinski definition) is 6. The summed E-state index contributed by atoms with van der Waals surface area (Å²) in [6, 6.07) is 3.11. The van der Waals surface area contributed by atoms with Gasteiger partial charge in [0.05, 0.1) is 25.2 Å². The Morgan fingerprint density at radius 1 is 1.40 bits per heavy atom. The van der Waals surface area contributed by atoms with Crippen LogP contribution in [0, 0.1) is 0 Å². The van der Waals surface area contributed by atoms with Crippen molar-refractivity contribution >= 4 is 18.6 Å². The lowest BCUT2D eigenvalue weighted by Crippen LogP contribution is -2.28. The quantitative estimate of drug-likeness (QED) is 0.637. The molecule has 2 aliphatic heterocycles. The SMILES string of the molecule is CC1CCCO1.CCOC(=O)CC1OB(O)c2cc(O)cc(CC)c21. The second-order valence-corrected chi connectivity index (χ2v) is 6.27. The first-order chi connectivity index (χ1) is 12.0. The van der Waals surface area contributed by atoms with Crippen LogP contribution in [-0.4, -0.2) is 42.5 Å². The Hall–Kier alpha value is -1.57. The molecule has 25 heavy (non-hydrogen) atoms. The van der Waals surface area contributed by atoms with Crippen molar-refractivity contribution in [2.75, 3.05) is 13.2 Å². The molecule has 2 N–H and O–H groups in total. The number of rotatable bonds is 4. The van der Waals surface area contributed by atoms with E-state index in [1.807, 2.05) is 6.92 Å². The summed E-state index contributed by atoms with van der Waals surface area (Å²) < 4.78 is 15.4. The van der Waals surface area contributed by atoms with E-state index in [4.69, 9.17) is 14.1 Å². The van der Waals surface area contributed by atoms with E-state index in [1.54, 1.807) is 13.0 Å². The lowest BCUT2D eigenvalue weighted by molar-refractivity contribution is -0.145. The molecule has 0 amide bonds. The molecule has 0 radical (unpaired) electrons. The topological polar surface area (TPSA) is 85.2 Å². The van der Waals surface area contributed by atoms with Crippen molar-refractivity contribution in [3.05, 3.63) is 23.3 Å². The summed E-state index contributed by atoms with van der Waals surface area (Å²) in [6.07, 6.45) is 3.31. The molecule has 0 spiro atoms. The van der Waals surface area contributed by atoms with Gasteiger partial charge in [0.25, 0.3) is 0 Å². The molecule has 6 nitrogen and oxygen atoms in total. The molecule has 2 unspecified atom stereocenters. The van der Waals surface area contributed by atoms with E-state index >= 15 is 0 Å². The maximum atomic E-state index is 11.5. The number of benzene rings is 1. The van der Waals surface area contributed by atoms with Crippen LogP contribution in [0.15, 0.2) is 12.1 Å². The molecule has 0 aliphatic carbocycles. The number of phenolic OH excluding ortho intramolecular Hbond substituents is 1. The molecule has 0 aromatic heterocycles. The van der Waals surface area contributed by atoms with Crippen LogP contribution < -0.4 is 5.46 Å². The van der Waals surface area contributed by atoms with Gasteiger partial charge in [-0.25, -0.2) is 0 Å². The van der Waals surface area contributed by atoms with E-state index in [2.05, 4.69) is 6.92 Å². The Morgan fingerprint density at radius 2 is 2.16 bits per heavy atom. The number of carbonyl (C=O) groups is 1. The highest BCUT2D eigenvalue weighted by Gasteiger charge is 2.38. The number of phenols is 1. The maximum absolute atomic E-state index is 11.5. The maximum Gasteiger partial charge on any atom is 0.492 e. The van der Waals surface area contributed by atoms with Crippen LogP contribution >= 0.6 is 0 Å². The zero-order chi connectivity index (χ0) is 18.4. The molecular formula is C18H27BO6. The predicted molar refractivity (Wildman–Crippen MR) is 94.8 cm³/mol. The predicted octanol–water partition coefficient (Wildman–Crippen LogP) is 1.85. The van der Waals surface area contributed by atoms with Gasteiger partial charge in [-0.1, -0.05) is 6.92 Å². The van der Waals surface area contributed by atoms with Crippen LogP contribution in [0.2, 0.25) is 0 Å². The molecule has 2 aliphatic rings. The number of hydrogen-bond donors (Lipinski definition) is 2. The first kappa shape index (κ1) is 19.8. The Labute approximate surface area is 149 Å². The summed E-state index contributed by atoms with van der Waals surface area (Å²) in [4.78, 5) is 11.5. The Morgan fingerprint density at radius 3 is 2.68 bits per heavy atom. The van der Waals surface area contributed by atoms with Gasteiger partial charge < -0.3 is 24.3 Å². The molecule has 0 saturated carbocycles. The molecular weight excluding hydrogens is 323 g/mol. The summed E-state index contributed by atoms with van der Waals surface area (Å²) in [5.41, 5.74) is 2.20. The van der Waals surface area contributed by atoms with Gasteiger partial charge in [-0.15, -0.1) is 0 Å². The average Bonchev–Trinajstić information content (AvgIpc) is 3.15. The molecule has 3 rings (SSSR count). The summed E-state index contributed by atoms with van der Waals surface area (Å²) in [5.74, 6) is -0.266. The minimum atomic E-state index is -1.10. The number of ether oxygens (including phenoxy) is 2. The Kier molecular flexibility index (Phi) is 7.29. The largest absolute Gasteiger partial charge is 0.508 e. The third-order valence-electron chi connectivity index (χ3n) is 4.36. The number of aromatic hydroxyl groups is 1. The average molecular weight is 350 g/mol. The van der Waals surface area contributed by atoms with Gasteiger partial charge in [0.15, 0.2) is 0 Å². The highest BCUT2D eigenvalue weighted by molar-refractivity contribution is 6.62. The zero-order valence-electron chi connectivity index (χ0n) is 15.2. The number of fused-ring (bicyclic) bond motifs is 1. The molecule has 1 fully saturated rings. The van der Waals surface area contributed by atoms with E-state index in [9.17, 15) is 14.9 Å². The first-order valence-corrected chi connectivity index (χ1v) is 8.92. The lowest BCUT2D eigenvalue weighted by atomic mass is 9.77. The van der Waals surface area contributed by atoms with Gasteiger partial charge in [-0.05, 0) is 61.8 Å². The lowest BCUT2D eigenvalue weighted by Gasteiger charge is -2.14. The van der Waals surface area contributed by atoms with Crippen LogP contribution in [0.3, 0.4) is 0 Å². The molecule has 7 heteroatoms. The van der Waals surface area contributed by atoms with Crippen molar-refractivity contribution in [2.24, 2.45) is 0 Å². The van der Waals surface area contributed by atoms with E-state index < -0.39 is 13.2 Å². The second-order valence-electron chi connectivity index (χ2n) is 6.27. The summed E-state index contributed by atoms with van der Waals surface area (Å²) >= 11 is 0.